The van der Waals surface area contributed by atoms with Gasteiger partial charge in [-0.15, -0.1) is 0 Å². The lowest BCUT2D eigenvalue weighted by Crippen LogP contribution is -2.28. The SMILES string of the molecule is COc1cc(BC(C)(C)CO)ccc1C. The van der Waals surface area contributed by atoms with Gasteiger partial charge in [-0.3, -0.25) is 0 Å². The third-order valence-electron chi connectivity index (χ3n) is 2.58. The largest absolute Gasteiger partial charge is 0.497 e. The van der Waals surface area contributed by atoms with Crippen molar-refractivity contribution in [3.05, 3.63) is 23.8 Å². The predicted molar refractivity (Wildman–Crippen MR) is 65.6 cm³/mol. The van der Waals surface area contributed by atoms with Gasteiger partial charge in [-0.1, -0.05) is 31.4 Å². The summed E-state index contributed by atoms with van der Waals surface area (Å²) in [5, 5.41) is 9.14. The molecule has 0 aliphatic rings. The van der Waals surface area contributed by atoms with Crippen LogP contribution in [0.1, 0.15) is 19.4 Å². The van der Waals surface area contributed by atoms with Gasteiger partial charge < -0.3 is 9.84 Å². The van der Waals surface area contributed by atoms with Crippen LogP contribution in [0.15, 0.2) is 18.2 Å². The highest BCUT2D eigenvalue weighted by Gasteiger charge is 2.19. The number of methoxy groups -OCH3 is 1. The van der Waals surface area contributed by atoms with Crippen molar-refractivity contribution in [3.63, 3.8) is 0 Å². The highest BCUT2D eigenvalue weighted by molar-refractivity contribution is 6.56. The second-order valence-electron chi connectivity index (χ2n) is 4.80. The molecule has 0 spiro atoms. The minimum absolute atomic E-state index is 0.0692. The Balaban J connectivity index is 2.87. The first kappa shape index (κ1) is 12.1. The number of aliphatic hydroxyl groups excluding tert-OH is 1. The molecule has 0 aliphatic heterocycles. The first-order chi connectivity index (χ1) is 6.98. The van der Waals surface area contributed by atoms with E-state index in [0.29, 0.717) is 0 Å². The average molecular weight is 206 g/mol. The standard InChI is InChI=1S/C12H19BO2/c1-9-5-6-10(7-11(9)15-4)13-12(2,3)8-14/h5-7,13-14H,8H2,1-4H3. The highest BCUT2D eigenvalue weighted by atomic mass is 16.5. The molecular formula is C12H19BO2. The van der Waals surface area contributed by atoms with Crippen LogP contribution >= 0.6 is 0 Å². The van der Waals surface area contributed by atoms with Gasteiger partial charge in [-0.05, 0) is 23.9 Å². The molecule has 0 amide bonds. The van der Waals surface area contributed by atoms with E-state index in [1.165, 1.54) is 5.46 Å². The molecule has 0 unspecified atom stereocenters. The molecule has 1 aromatic carbocycles. The first-order valence-corrected chi connectivity index (χ1v) is 5.23. The fraction of sp³-hybridized carbons (Fsp3) is 0.500. The number of aliphatic hydroxyl groups is 1. The Morgan fingerprint density at radius 2 is 2.07 bits per heavy atom. The molecule has 0 heterocycles. The van der Waals surface area contributed by atoms with Gasteiger partial charge in [-0.2, -0.15) is 0 Å². The molecule has 0 bridgehead atoms. The lowest BCUT2D eigenvalue weighted by Gasteiger charge is -2.20. The average Bonchev–Trinajstić information content (AvgIpc) is 2.20. The molecule has 0 aromatic heterocycles. The quantitative estimate of drug-likeness (QED) is 0.751. The van der Waals surface area contributed by atoms with E-state index in [4.69, 9.17) is 4.74 Å². The highest BCUT2D eigenvalue weighted by Crippen LogP contribution is 2.21. The maximum absolute atomic E-state index is 9.21. The molecule has 0 fully saturated rings. The second kappa shape index (κ2) is 4.71. The summed E-state index contributed by atoms with van der Waals surface area (Å²) in [5.41, 5.74) is 2.35. The minimum Gasteiger partial charge on any atom is -0.497 e. The van der Waals surface area contributed by atoms with Gasteiger partial charge in [0.15, 0.2) is 7.28 Å². The van der Waals surface area contributed by atoms with E-state index in [0.717, 1.165) is 18.6 Å². The van der Waals surface area contributed by atoms with Gasteiger partial charge in [0.1, 0.15) is 5.75 Å². The van der Waals surface area contributed by atoms with E-state index in [9.17, 15) is 5.11 Å². The summed E-state index contributed by atoms with van der Waals surface area (Å²) in [6, 6.07) is 6.20. The van der Waals surface area contributed by atoms with Crippen LogP contribution < -0.4 is 10.2 Å². The molecule has 0 atom stereocenters. The first-order valence-electron chi connectivity index (χ1n) is 5.23. The summed E-state index contributed by atoms with van der Waals surface area (Å²) in [5.74, 6) is 0.918. The molecular weight excluding hydrogens is 187 g/mol. The van der Waals surface area contributed by atoms with Gasteiger partial charge in [-0.25, -0.2) is 0 Å². The molecule has 82 valence electrons. The van der Waals surface area contributed by atoms with E-state index in [-0.39, 0.29) is 11.9 Å². The zero-order valence-corrected chi connectivity index (χ0v) is 10.0. The van der Waals surface area contributed by atoms with E-state index in [2.05, 4.69) is 26.0 Å². The molecule has 1 N–H and O–H groups in total. The number of hydrogen-bond acceptors (Lipinski definition) is 2. The number of hydrogen-bond donors (Lipinski definition) is 1. The normalized spacial score (nSPS) is 11.3. The van der Waals surface area contributed by atoms with Crippen molar-refractivity contribution in [1.29, 1.82) is 0 Å². The topological polar surface area (TPSA) is 29.5 Å². The smallest absolute Gasteiger partial charge is 0.166 e. The fourth-order valence-corrected chi connectivity index (χ4v) is 1.58. The second-order valence-corrected chi connectivity index (χ2v) is 4.80. The fourth-order valence-electron chi connectivity index (χ4n) is 1.58. The molecule has 15 heavy (non-hydrogen) atoms. The molecule has 0 saturated carbocycles. The third kappa shape index (κ3) is 3.27. The molecule has 3 heteroatoms. The summed E-state index contributed by atoms with van der Waals surface area (Å²) in [6.07, 6.45) is 0. The van der Waals surface area contributed by atoms with Crippen LogP contribution in [0.4, 0.5) is 0 Å². The summed E-state index contributed by atoms with van der Waals surface area (Å²) in [6.45, 7) is 6.33. The van der Waals surface area contributed by atoms with Crippen LogP contribution in [0.3, 0.4) is 0 Å². The van der Waals surface area contributed by atoms with E-state index < -0.39 is 0 Å². The molecule has 2 nitrogen and oxygen atoms in total. The maximum Gasteiger partial charge on any atom is 0.166 e. The van der Waals surface area contributed by atoms with Gasteiger partial charge in [0, 0.05) is 6.61 Å². The van der Waals surface area contributed by atoms with Crippen molar-refractivity contribution in [3.8, 4) is 5.75 Å². The van der Waals surface area contributed by atoms with E-state index in [1.54, 1.807) is 7.11 Å². The number of rotatable bonds is 4. The van der Waals surface area contributed by atoms with Crippen LogP contribution in [-0.2, 0) is 0 Å². The Morgan fingerprint density at radius 3 is 2.60 bits per heavy atom. The van der Waals surface area contributed by atoms with Gasteiger partial charge in [0.05, 0.1) is 7.11 Å². The van der Waals surface area contributed by atoms with Gasteiger partial charge >= 0.3 is 0 Å². The minimum atomic E-state index is -0.0692. The van der Waals surface area contributed by atoms with Crippen molar-refractivity contribution in [1.82, 2.24) is 0 Å². The summed E-state index contributed by atoms with van der Waals surface area (Å²) in [7, 11) is 2.55. The predicted octanol–water partition coefficient (Wildman–Crippen LogP) is 1.26. The Labute approximate surface area is 92.5 Å². The van der Waals surface area contributed by atoms with Crippen LogP contribution in [0, 0.1) is 6.92 Å². The van der Waals surface area contributed by atoms with Crippen molar-refractivity contribution in [2.45, 2.75) is 26.1 Å². The number of benzene rings is 1. The Morgan fingerprint density at radius 1 is 1.40 bits per heavy atom. The van der Waals surface area contributed by atoms with Gasteiger partial charge in [0.2, 0.25) is 0 Å². The number of aryl methyl sites for hydroxylation is 1. The maximum atomic E-state index is 9.21. The summed E-state index contributed by atoms with van der Waals surface area (Å²) >= 11 is 0. The summed E-state index contributed by atoms with van der Waals surface area (Å²) < 4.78 is 5.27. The lowest BCUT2D eigenvalue weighted by atomic mass is 9.50. The molecule has 0 saturated heterocycles. The van der Waals surface area contributed by atoms with Crippen LogP contribution in [0.5, 0.6) is 5.75 Å². The lowest BCUT2D eigenvalue weighted by molar-refractivity contribution is 0.256. The van der Waals surface area contributed by atoms with Crippen molar-refractivity contribution in [2.75, 3.05) is 13.7 Å². The molecule has 1 rings (SSSR count). The van der Waals surface area contributed by atoms with Crippen LogP contribution in [0.2, 0.25) is 5.31 Å². The zero-order valence-electron chi connectivity index (χ0n) is 10.0. The monoisotopic (exact) mass is 206 g/mol. The van der Waals surface area contributed by atoms with Gasteiger partial charge in [0.25, 0.3) is 0 Å². The van der Waals surface area contributed by atoms with Crippen molar-refractivity contribution < 1.29 is 9.84 Å². The van der Waals surface area contributed by atoms with E-state index >= 15 is 0 Å². The number of ether oxygens (including phenoxy) is 1. The Kier molecular flexibility index (Phi) is 3.80. The Hall–Kier alpha value is -0.955. The van der Waals surface area contributed by atoms with Crippen molar-refractivity contribution in [2.24, 2.45) is 0 Å². The summed E-state index contributed by atoms with van der Waals surface area (Å²) in [4.78, 5) is 0. The Bertz CT molecular complexity index is 334. The van der Waals surface area contributed by atoms with Crippen LogP contribution in [0.25, 0.3) is 0 Å². The third-order valence-corrected chi connectivity index (χ3v) is 2.58. The van der Waals surface area contributed by atoms with E-state index in [1.807, 2.05) is 13.0 Å². The zero-order chi connectivity index (χ0) is 11.5. The molecule has 1 aromatic rings. The molecule has 0 radical (unpaired) electrons. The van der Waals surface area contributed by atoms with Crippen LogP contribution in [-0.4, -0.2) is 26.1 Å². The molecule has 0 aliphatic carbocycles. The van der Waals surface area contributed by atoms with Crippen molar-refractivity contribution >= 4 is 12.7 Å².